The molecule has 0 radical (unpaired) electrons. The zero-order chi connectivity index (χ0) is 17.2. The summed E-state index contributed by atoms with van der Waals surface area (Å²) in [7, 11) is 0. The van der Waals surface area contributed by atoms with Gasteiger partial charge in [0.2, 0.25) is 5.91 Å². The van der Waals surface area contributed by atoms with Crippen LogP contribution < -0.4 is 16.0 Å². The van der Waals surface area contributed by atoms with Gasteiger partial charge in [-0.2, -0.15) is 0 Å². The van der Waals surface area contributed by atoms with Crippen LogP contribution in [0.5, 0.6) is 0 Å². The van der Waals surface area contributed by atoms with Gasteiger partial charge >= 0.3 is 0 Å². The van der Waals surface area contributed by atoms with Crippen molar-refractivity contribution < 1.29 is 9.32 Å². The quantitative estimate of drug-likeness (QED) is 0.384. The maximum atomic E-state index is 11.5. The molecule has 0 spiro atoms. The SMILES string of the molecule is CCNC(=NCc1cc(C(C)C)no1)NCCNC(=O)C(C)C. The van der Waals surface area contributed by atoms with Crippen LogP contribution in [0.1, 0.15) is 52.0 Å². The summed E-state index contributed by atoms with van der Waals surface area (Å²) in [4.78, 5) is 15.9. The Hall–Kier alpha value is -2.05. The van der Waals surface area contributed by atoms with Gasteiger partial charge < -0.3 is 20.5 Å². The second kappa shape index (κ2) is 9.86. The summed E-state index contributed by atoms with van der Waals surface area (Å²) in [5, 5.41) is 13.2. The van der Waals surface area contributed by atoms with E-state index in [1.165, 1.54) is 0 Å². The van der Waals surface area contributed by atoms with Gasteiger partial charge in [-0.3, -0.25) is 4.79 Å². The molecule has 1 rings (SSSR count). The maximum absolute atomic E-state index is 11.5. The Morgan fingerprint density at radius 2 is 1.91 bits per heavy atom. The number of nitrogens with one attached hydrogen (secondary N) is 3. The lowest BCUT2D eigenvalue weighted by atomic mass is 10.1. The molecule has 0 aliphatic carbocycles. The summed E-state index contributed by atoms with van der Waals surface area (Å²) in [5.74, 6) is 1.82. The van der Waals surface area contributed by atoms with E-state index in [1.807, 2.05) is 26.8 Å². The van der Waals surface area contributed by atoms with Crippen LogP contribution >= 0.6 is 0 Å². The van der Waals surface area contributed by atoms with Crippen molar-refractivity contribution in [2.45, 2.75) is 47.1 Å². The summed E-state index contributed by atoms with van der Waals surface area (Å²) in [5.41, 5.74) is 0.935. The number of hydrogen-bond donors (Lipinski definition) is 3. The molecule has 3 N–H and O–H groups in total. The van der Waals surface area contributed by atoms with Crippen molar-refractivity contribution in [3.63, 3.8) is 0 Å². The number of nitrogens with zero attached hydrogens (tertiary/aromatic N) is 2. The number of aromatic nitrogens is 1. The van der Waals surface area contributed by atoms with Crippen molar-refractivity contribution in [3.8, 4) is 0 Å². The lowest BCUT2D eigenvalue weighted by Gasteiger charge is -2.12. The van der Waals surface area contributed by atoms with E-state index < -0.39 is 0 Å². The van der Waals surface area contributed by atoms with Gasteiger partial charge in [0.25, 0.3) is 0 Å². The first-order chi connectivity index (χ1) is 10.9. The molecule has 23 heavy (non-hydrogen) atoms. The highest BCUT2D eigenvalue weighted by molar-refractivity contribution is 5.80. The third-order valence-electron chi connectivity index (χ3n) is 3.15. The predicted octanol–water partition coefficient (Wildman–Crippen LogP) is 1.63. The van der Waals surface area contributed by atoms with Crippen LogP contribution in [0.25, 0.3) is 0 Å². The Labute approximate surface area is 138 Å². The van der Waals surface area contributed by atoms with Crippen LogP contribution in [-0.2, 0) is 11.3 Å². The largest absolute Gasteiger partial charge is 0.359 e. The zero-order valence-electron chi connectivity index (χ0n) is 14.8. The minimum Gasteiger partial charge on any atom is -0.359 e. The van der Waals surface area contributed by atoms with Crippen LogP contribution in [0, 0.1) is 5.92 Å². The predicted molar refractivity (Wildman–Crippen MR) is 91.3 cm³/mol. The van der Waals surface area contributed by atoms with Gasteiger partial charge in [-0.25, -0.2) is 4.99 Å². The first-order valence-electron chi connectivity index (χ1n) is 8.19. The fourth-order valence-corrected chi connectivity index (χ4v) is 1.75. The standard InChI is InChI=1S/C16H29N5O2/c1-6-17-16(19-8-7-18-15(22)12(4)5)20-10-13-9-14(11(2)3)21-23-13/h9,11-12H,6-8,10H2,1-5H3,(H,18,22)(H2,17,19,20). The number of carbonyl (C=O) groups excluding carboxylic acids is 1. The van der Waals surface area contributed by atoms with E-state index in [9.17, 15) is 4.79 Å². The minimum absolute atomic E-state index is 0.00138. The molecule has 0 saturated carbocycles. The number of hydrogen-bond acceptors (Lipinski definition) is 4. The van der Waals surface area contributed by atoms with Crippen molar-refractivity contribution in [2.75, 3.05) is 19.6 Å². The van der Waals surface area contributed by atoms with Crippen LogP contribution in [0.15, 0.2) is 15.6 Å². The van der Waals surface area contributed by atoms with Gasteiger partial charge in [-0.15, -0.1) is 0 Å². The molecule has 130 valence electrons. The van der Waals surface area contributed by atoms with Crippen molar-refractivity contribution in [1.82, 2.24) is 21.1 Å². The molecule has 7 nitrogen and oxygen atoms in total. The number of guanidine groups is 1. The van der Waals surface area contributed by atoms with E-state index in [0.717, 1.165) is 18.0 Å². The highest BCUT2D eigenvalue weighted by atomic mass is 16.5. The van der Waals surface area contributed by atoms with Gasteiger partial charge in [0.1, 0.15) is 6.54 Å². The highest BCUT2D eigenvalue weighted by Crippen LogP contribution is 2.14. The van der Waals surface area contributed by atoms with E-state index in [2.05, 4.69) is 39.9 Å². The lowest BCUT2D eigenvalue weighted by molar-refractivity contribution is -0.123. The first kappa shape index (κ1) is 19.0. The third kappa shape index (κ3) is 7.17. The Morgan fingerprint density at radius 3 is 2.48 bits per heavy atom. The number of rotatable bonds is 8. The number of carbonyl (C=O) groups is 1. The van der Waals surface area contributed by atoms with E-state index in [4.69, 9.17) is 4.52 Å². The number of aliphatic imine (C=N–C) groups is 1. The Kier molecular flexibility index (Phi) is 8.15. The minimum atomic E-state index is -0.00138. The van der Waals surface area contributed by atoms with E-state index >= 15 is 0 Å². The van der Waals surface area contributed by atoms with Gasteiger partial charge in [-0.05, 0) is 12.8 Å². The zero-order valence-corrected chi connectivity index (χ0v) is 14.8. The second-order valence-corrected chi connectivity index (χ2v) is 5.94. The fourth-order valence-electron chi connectivity index (χ4n) is 1.75. The molecule has 1 amide bonds. The Balaban J connectivity index is 2.44. The van der Waals surface area contributed by atoms with Crippen molar-refractivity contribution in [3.05, 3.63) is 17.5 Å². The lowest BCUT2D eigenvalue weighted by Crippen LogP contribution is -2.42. The Bertz CT molecular complexity index is 508. The van der Waals surface area contributed by atoms with Crippen LogP contribution in [-0.4, -0.2) is 36.7 Å². The highest BCUT2D eigenvalue weighted by Gasteiger charge is 2.08. The molecule has 7 heteroatoms. The molecule has 1 heterocycles. The first-order valence-corrected chi connectivity index (χ1v) is 8.19. The molecular formula is C16H29N5O2. The summed E-state index contributed by atoms with van der Waals surface area (Å²) in [6, 6.07) is 1.93. The average Bonchev–Trinajstić information content (AvgIpc) is 2.97. The molecule has 0 bridgehead atoms. The van der Waals surface area contributed by atoms with Gasteiger partial charge in [0.05, 0.1) is 5.69 Å². The smallest absolute Gasteiger partial charge is 0.222 e. The van der Waals surface area contributed by atoms with Crippen molar-refractivity contribution >= 4 is 11.9 Å². The normalized spacial score (nSPS) is 11.9. The summed E-state index contributed by atoms with van der Waals surface area (Å²) in [6.45, 7) is 12.2. The molecule has 0 aromatic carbocycles. The molecule has 1 aromatic heterocycles. The molecule has 0 saturated heterocycles. The van der Waals surface area contributed by atoms with Gasteiger partial charge in [-0.1, -0.05) is 32.9 Å². The molecule has 1 aromatic rings. The van der Waals surface area contributed by atoms with Crippen molar-refractivity contribution in [1.29, 1.82) is 0 Å². The molecular weight excluding hydrogens is 294 g/mol. The van der Waals surface area contributed by atoms with Gasteiger partial charge in [0.15, 0.2) is 11.7 Å². The summed E-state index contributed by atoms with van der Waals surface area (Å²) in [6.07, 6.45) is 0. The van der Waals surface area contributed by atoms with Gasteiger partial charge in [0, 0.05) is 31.6 Å². The monoisotopic (exact) mass is 323 g/mol. The molecule has 0 fully saturated rings. The van der Waals surface area contributed by atoms with Crippen LogP contribution in [0.3, 0.4) is 0 Å². The molecule has 0 unspecified atom stereocenters. The third-order valence-corrected chi connectivity index (χ3v) is 3.15. The number of amides is 1. The average molecular weight is 323 g/mol. The van der Waals surface area contributed by atoms with Crippen molar-refractivity contribution in [2.24, 2.45) is 10.9 Å². The van der Waals surface area contributed by atoms with E-state index in [-0.39, 0.29) is 11.8 Å². The Morgan fingerprint density at radius 1 is 1.22 bits per heavy atom. The fraction of sp³-hybridized carbons (Fsp3) is 0.688. The summed E-state index contributed by atoms with van der Waals surface area (Å²) < 4.78 is 5.27. The van der Waals surface area contributed by atoms with Crippen LogP contribution in [0.2, 0.25) is 0 Å². The molecule has 0 aliphatic heterocycles. The van der Waals surface area contributed by atoms with E-state index in [1.54, 1.807) is 0 Å². The van der Waals surface area contributed by atoms with Crippen LogP contribution in [0.4, 0.5) is 0 Å². The van der Waals surface area contributed by atoms with E-state index in [0.29, 0.717) is 31.5 Å². The second-order valence-electron chi connectivity index (χ2n) is 5.94. The maximum Gasteiger partial charge on any atom is 0.222 e. The molecule has 0 aliphatic rings. The summed E-state index contributed by atoms with van der Waals surface area (Å²) >= 11 is 0. The topological polar surface area (TPSA) is 91.6 Å². The molecule has 0 atom stereocenters.